The Morgan fingerprint density at radius 3 is 2.57 bits per heavy atom. The molecule has 21 heavy (non-hydrogen) atoms. The number of H-pyrrole nitrogens is 1. The summed E-state index contributed by atoms with van der Waals surface area (Å²) in [6.07, 6.45) is 2.97. The molecule has 0 aliphatic rings. The summed E-state index contributed by atoms with van der Waals surface area (Å²) in [6.45, 7) is 9.03. The number of hydrogen-bond acceptors (Lipinski definition) is 4. The Balaban J connectivity index is 2.92. The van der Waals surface area contributed by atoms with E-state index in [1.807, 2.05) is 20.8 Å². The van der Waals surface area contributed by atoms with Crippen molar-refractivity contribution in [1.82, 2.24) is 19.8 Å². The van der Waals surface area contributed by atoms with Gasteiger partial charge in [-0.2, -0.15) is 9.40 Å². The van der Waals surface area contributed by atoms with Gasteiger partial charge in [0.15, 0.2) is 5.03 Å². The monoisotopic (exact) mass is 316 g/mol. The summed E-state index contributed by atoms with van der Waals surface area (Å²) in [4.78, 5) is 0. The highest BCUT2D eigenvalue weighted by Gasteiger charge is 2.27. The standard InChI is InChI=1S/C14H28N4O2S/c1-6-7-8-9-18(5)21(19,20)14-13(10-15-11(2)3)12(4)16-17-14/h11,15H,6-10H2,1-5H3,(H,16,17). The molecule has 0 amide bonds. The third-order valence-electron chi connectivity index (χ3n) is 3.45. The molecule has 0 aliphatic heterocycles. The smallest absolute Gasteiger partial charge is 0.262 e. The largest absolute Gasteiger partial charge is 0.310 e. The number of aryl methyl sites for hydroxylation is 1. The molecule has 1 aromatic rings. The second-order valence-corrected chi connectivity index (χ2v) is 7.66. The van der Waals surface area contributed by atoms with Crippen LogP contribution in [0.4, 0.5) is 0 Å². The van der Waals surface area contributed by atoms with Crippen LogP contribution in [0.2, 0.25) is 0 Å². The molecule has 0 fully saturated rings. The molecule has 0 aromatic carbocycles. The zero-order chi connectivity index (χ0) is 16.0. The zero-order valence-corrected chi connectivity index (χ0v) is 14.5. The minimum Gasteiger partial charge on any atom is -0.310 e. The van der Waals surface area contributed by atoms with Gasteiger partial charge < -0.3 is 5.32 Å². The van der Waals surface area contributed by atoms with Gasteiger partial charge in [0.1, 0.15) is 0 Å². The van der Waals surface area contributed by atoms with E-state index in [1.165, 1.54) is 4.31 Å². The first-order chi connectivity index (χ1) is 9.80. The lowest BCUT2D eigenvalue weighted by atomic mass is 10.2. The first-order valence-electron chi connectivity index (χ1n) is 7.54. The van der Waals surface area contributed by atoms with E-state index >= 15 is 0 Å². The minimum atomic E-state index is -3.53. The van der Waals surface area contributed by atoms with E-state index in [9.17, 15) is 8.42 Å². The SMILES string of the molecule is CCCCCN(C)S(=O)(=O)c1n[nH]c(C)c1CNC(C)C. The molecule has 1 rings (SSSR count). The number of nitrogens with one attached hydrogen (secondary N) is 2. The lowest BCUT2D eigenvalue weighted by molar-refractivity contribution is 0.450. The topological polar surface area (TPSA) is 78.1 Å². The zero-order valence-electron chi connectivity index (χ0n) is 13.7. The van der Waals surface area contributed by atoms with Crippen LogP contribution in [-0.2, 0) is 16.6 Å². The van der Waals surface area contributed by atoms with Gasteiger partial charge in [-0.15, -0.1) is 0 Å². The van der Waals surface area contributed by atoms with Crippen molar-refractivity contribution in [3.63, 3.8) is 0 Å². The molecule has 0 saturated heterocycles. The number of aromatic amines is 1. The molecule has 0 saturated carbocycles. The summed E-state index contributed by atoms with van der Waals surface area (Å²) < 4.78 is 26.6. The number of nitrogens with zero attached hydrogens (tertiary/aromatic N) is 2. The molecule has 0 radical (unpaired) electrons. The molecule has 0 spiro atoms. The lowest BCUT2D eigenvalue weighted by Crippen LogP contribution is -2.30. The summed E-state index contributed by atoms with van der Waals surface area (Å²) in [5, 5.41) is 10.2. The van der Waals surface area contributed by atoms with Crippen LogP contribution in [0.25, 0.3) is 0 Å². The van der Waals surface area contributed by atoms with E-state index < -0.39 is 10.0 Å². The normalized spacial score (nSPS) is 12.5. The summed E-state index contributed by atoms with van der Waals surface area (Å²) in [5.41, 5.74) is 1.52. The van der Waals surface area contributed by atoms with Crippen LogP contribution in [0.3, 0.4) is 0 Å². The van der Waals surface area contributed by atoms with Crippen molar-refractivity contribution in [2.45, 2.75) is 64.6 Å². The summed E-state index contributed by atoms with van der Waals surface area (Å²) in [5.74, 6) is 0. The van der Waals surface area contributed by atoms with Crippen LogP contribution in [0, 0.1) is 6.92 Å². The van der Waals surface area contributed by atoms with E-state index in [2.05, 4.69) is 22.4 Å². The molecular weight excluding hydrogens is 288 g/mol. The average molecular weight is 316 g/mol. The fourth-order valence-corrected chi connectivity index (χ4v) is 3.37. The Labute approximate surface area is 128 Å². The molecule has 1 aromatic heterocycles. The number of aromatic nitrogens is 2. The van der Waals surface area contributed by atoms with Crippen molar-refractivity contribution in [2.24, 2.45) is 0 Å². The third-order valence-corrected chi connectivity index (χ3v) is 5.28. The van der Waals surface area contributed by atoms with Crippen LogP contribution < -0.4 is 5.32 Å². The van der Waals surface area contributed by atoms with Gasteiger partial charge in [-0.1, -0.05) is 33.6 Å². The maximum atomic E-state index is 12.6. The molecule has 0 aliphatic carbocycles. The van der Waals surface area contributed by atoms with Gasteiger partial charge >= 0.3 is 0 Å². The first-order valence-corrected chi connectivity index (χ1v) is 8.98. The molecule has 122 valence electrons. The van der Waals surface area contributed by atoms with Gasteiger partial charge in [0.25, 0.3) is 10.0 Å². The van der Waals surface area contributed by atoms with Gasteiger partial charge in [0.2, 0.25) is 0 Å². The van der Waals surface area contributed by atoms with Crippen molar-refractivity contribution in [1.29, 1.82) is 0 Å². The number of hydrogen-bond donors (Lipinski definition) is 2. The van der Waals surface area contributed by atoms with Crippen molar-refractivity contribution < 1.29 is 8.42 Å². The van der Waals surface area contributed by atoms with Crippen molar-refractivity contribution in [2.75, 3.05) is 13.6 Å². The van der Waals surface area contributed by atoms with Gasteiger partial charge in [-0.05, 0) is 13.3 Å². The molecule has 0 bridgehead atoms. The van der Waals surface area contributed by atoms with E-state index in [1.54, 1.807) is 7.05 Å². The van der Waals surface area contributed by atoms with Crippen molar-refractivity contribution in [3.8, 4) is 0 Å². The highest BCUT2D eigenvalue weighted by molar-refractivity contribution is 7.89. The third kappa shape index (κ3) is 4.79. The van der Waals surface area contributed by atoms with Gasteiger partial charge in [0.05, 0.1) is 0 Å². The van der Waals surface area contributed by atoms with Crippen LogP contribution >= 0.6 is 0 Å². The van der Waals surface area contributed by atoms with E-state index in [0.717, 1.165) is 30.5 Å². The van der Waals surface area contributed by atoms with Crippen molar-refractivity contribution >= 4 is 10.0 Å². The number of unbranched alkanes of at least 4 members (excludes halogenated alkanes) is 2. The molecule has 0 atom stereocenters. The number of rotatable bonds is 9. The van der Waals surface area contributed by atoms with E-state index in [-0.39, 0.29) is 11.1 Å². The Kier molecular flexibility index (Phi) is 6.83. The Morgan fingerprint density at radius 1 is 1.33 bits per heavy atom. The Morgan fingerprint density at radius 2 is 2.00 bits per heavy atom. The first kappa shape index (κ1) is 18.1. The highest BCUT2D eigenvalue weighted by Crippen LogP contribution is 2.20. The number of sulfonamides is 1. The molecule has 1 heterocycles. The van der Waals surface area contributed by atoms with Crippen LogP contribution in [0.15, 0.2) is 5.03 Å². The van der Waals surface area contributed by atoms with Crippen LogP contribution in [0.5, 0.6) is 0 Å². The van der Waals surface area contributed by atoms with E-state index in [4.69, 9.17) is 0 Å². The second kappa shape index (κ2) is 7.91. The lowest BCUT2D eigenvalue weighted by Gasteiger charge is -2.17. The molecule has 7 heteroatoms. The predicted octanol–water partition coefficient (Wildman–Crippen LogP) is 2.03. The van der Waals surface area contributed by atoms with Gasteiger partial charge in [-0.25, -0.2) is 8.42 Å². The van der Waals surface area contributed by atoms with E-state index in [0.29, 0.717) is 13.1 Å². The average Bonchev–Trinajstić information content (AvgIpc) is 2.78. The highest BCUT2D eigenvalue weighted by atomic mass is 32.2. The minimum absolute atomic E-state index is 0.146. The van der Waals surface area contributed by atoms with Crippen LogP contribution in [0.1, 0.15) is 51.3 Å². The van der Waals surface area contributed by atoms with Gasteiger partial charge in [0, 0.05) is 37.4 Å². The fourth-order valence-electron chi connectivity index (χ4n) is 2.01. The van der Waals surface area contributed by atoms with Crippen LogP contribution in [-0.4, -0.2) is 42.6 Å². The molecular formula is C14H28N4O2S. The predicted molar refractivity (Wildman–Crippen MR) is 84.6 cm³/mol. The summed E-state index contributed by atoms with van der Waals surface area (Å²) in [7, 11) is -1.91. The fraction of sp³-hybridized carbons (Fsp3) is 0.786. The van der Waals surface area contributed by atoms with Crippen molar-refractivity contribution in [3.05, 3.63) is 11.3 Å². The summed E-state index contributed by atoms with van der Waals surface area (Å²) in [6, 6.07) is 0.289. The molecule has 0 unspecified atom stereocenters. The maximum absolute atomic E-state index is 12.6. The quantitative estimate of drug-likeness (QED) is 0.683. The Bertz CT molecular complexity index is 537. The molecule has 6 nitrogen and oxygen atoms in total. The maximum Gasteiger partial charge on any atom is 0.262 e. The second-order valence-electron chi connectivity index (χ2n) is 5.70. The Hall–Kier alpha value is -0.920. The summed E-state index contributed by atoms with van der Waals surface area (Å²) >= 11 is 0. The van der Waals surface area contributed by atoms with Gasteiger partial charge in [-0.3, -0.25) is 5.10 Å². The molecule has 2 N–H and O–H groups in total.